The zero-order valence-electron chi connectivity index (χ0n) is 18.4. The Kier molecular flexibility index (Phi) is 6.42. The van der Waals surface area contributed by atoms with E-state index in [2.05, 4.69) is 15.0 Å². The van der Waals surface area contributed by atoms with Gasteiger partial charge in [0, 0.05) is 28.7 Å². The zero-order chi connectivity index (χ0) is 23.4. The number of amides is 1. The Morgan fingerprint density at radius 1 is 0.879 bits per heavy atom. The molecule has 1 heterocycles. The lowest BCUT2D eigenvalue weighted by Gasteiger charge is -2.11. The molecule has 4 aromatic rings. The number of pyridine rings is 1. The highest BCUT2D eigenvalue weighted by Crippen LogP contribution is 2.25. The Hall–Kier alpha value is -3.71. The minimum absolute atomic E-state index is 0.0992. The largest absolute Gasteiger partial charge is 0.326 e. The molecule has 0 bridgehead atoms. The Labute approximate surface area is 193 Å². The lowest BCUT2D eigenvalue weighted by atomic mass is 10.1. The van der Waals surface area contributed by atoms with E-state index in [0.29, 0.717) is 17.8 Å². The Morgan fingerprint density at radius 2 is 1.64 bits per heavy atom. The van der Waals surface area contributed by atoms with Crippen LogP contribution in [0.2, 0.25) is 0 Å². The average molecular weight is 460 g/mol. The molecule has 0 aliphatic heterocycles. The number of benzene rings is 3. The second-order valence-corrected chi connectivity index (χ2v) is 9.93. The van der Waals surface area contributed by atoms with Gasteiger partial charge in [-0.3, -0.25) is 9.52 Å². The third-order valence-corrected chi connectivity index (χ3v) is 6.45. The van der Waals surface area contributed by atoms with Crippen molar-refractivity contribution in [1.82, 2.24) is 4.98 Å². The number of sulfonamides is 1. The van der Waals surface area contributed by atoms with E-state index >= 15 is 0 Å². The quantitative estimate of drug-likeness (QED) is 0.372. The molecule has 33 heavy (non-hydrogen) atoms. The first-order chi connectivity index (χ1) is 15.8. The molecule has 3 aromatic carbocycles. The lowest BCUT2D eigenvalue weighted by Crippen LogP contribution is -2.15. The fourth-order valence-corrected chi connectivity index (χ4v) is 4.53. The fraction of sp³-hybridized carbons (Fsp3) is 0.154. The number of fused-ring (bicyclic) bond motifs is 1. The van der Waals surface area contributed by atoms with Crippen molar-refractivity contribution in [2.45, 2.75) is 25.2 Å². The van der Waals surface area contributed by atoms with Crippen molar-refractivity contribution in [3.8, 4) is 11.3 Å². The van der Waals surface area contributed by atoms with Gasteiger partial charge in [0.05, 0.1) is 16.1 Å². The van der Waals surface area contributed by atoms with E-state index in [1.807, 2.05) is 56.3 Å². The van der Waals surface area contributed by atoms with E-state index in [9.17, 15) is 13.2 Å². The second kappa shape index (κ2) is 9.42. The second-order valence-electron chi connectivity index (χ2n) is 8.25. The monoisotopic (exact) mass is 459 g/mol. The van der Waals surface area contributed by atoms with Gasteiger partial charge in [-0.1, -0.05) is 50.2 Å². The third kappa shape index (κ3) is 5.56. The summed E-state index contributed by atoms with van der Waals surface area (Å²) < 4.78 is 28.4. The molecule has 7 heteroatoms. The predicted octanol–water partition coefficient (Wildman–Crippen LogP) is 5.69. The maximum Gasteiger partial charge on any atom is 0.261 e. The van der Waals surface area contributed by atoms with Crippen LogP contribution in [0.3, 0.4) is 0 Å². The van der Waals surface area contributed by atoms with Crippen molar-refractivity contribution in [2.75, 3.05) is 10.0 Å². The highest BCUT2D eigenvalue weighted by Gasteiger charge is 2.15. The van der Waals surface area contributed by atoms with Gasteiger partial charge in [0.2, 0.25) is 5.91 Å². The van der Waals surface area contributed by atoms with E-state index in [1.54, 1.807) is 30.3 Å². The van der Waals surface area contributed by atoms with Crippen LogP contribution in [0.25, 0.3) is 22.2 Å². The van der Waals surface area contributed by atoms with Crippen molar-refractivity contribution in [3.05, 3.63) is 84.9 Å². The number of nitrogens with zero attached hydrogens (tertiary/aromatic N) is 1. The standard InChI is InChI=1S/C26H25N3O3S/c1-18(2)16-26(30)27-21-11-13-23(14-12-21)33(31,32)29-22-8-5-7-20(17-22)25-15-10-19-6-3-4-9-24(19)28-25/h3-15,17-18,29H,16H2,1-2H3,(H,27,30). The lowest BCUT2D eigenvalue weighted by molar-refractivity contribution is -0.116. The highest BCUT2D eigenvalue weighted by molar-refractivity contribution is 7.92. The summed E-state index contributed by atoms with van der Waals surface area (Å²) in [5.74, 6) is 0.146. The van der Waals surface area contributed by atoms with Gasteiger partial charge in [0.15, 0.2) is 0 Å². The number of aromatic nitrogens is 1. The molecule has 168 valence electrons. The Bertz CT molecular complexity index is 1400. The molecule has 6 nitrogen and oxygen atoms in total. The molecule has 0 atom stereocenters. The maximum atomic E-state index is 12.9. The van der Waals surface area contributed by atoms with Gasteiger partial charge < -0.3 is 5.32 Å². The van der Waals surface area contributed by atoms with Crippen LogP contribution in [0.1, 0.15) is 20.3 Å². The number of hydrogen-bond donors (Lipinski definition) is 2. The summed E-state index contributed by atoms with van der Waals surface area (Å²) in [7, 11) is -3.79. The van der Waals surface area contributed by atoms with Crippen LogP contribution in [-0.4, -0.2) is 19.3 Å². The summed E-state index contributed by atoms with van der Waals surface area (Å²) in [6, 6.07) is 25.0. The average Bonchev–Trinajstić information content (AvgIpc) is 2.78. The number of hydrogen-bond acceptors (Lipinski definition) is 4. The van der Waals surface area contributed by atoms with Crippen molar-refractivity contribution >= 4 is 38.2 Å². The van der Waals surface area contributed by atoms with Crippen LogP contribution in [0.5, 0.6) is 0 Å². The van der Waals surface area contributed by atoms with Gasteiger partial charge in [0.1, 0.15) is 0 Å². The number of anilines is 2. The van der Waals surface area contributed by atoms with Crippen molar-refractivity contribution in [3.63, 3.8) is 0 Å². The number of nitrogens with one attached hydrogen (secondary N) is 2. The first-order valence-corrected chi connectivity index (χ1v) is 12.2. The first-order valence-electron chi connectivity index (χ1n) is 10.7. The summed E-state index contributed by atoms with van der Waals surface area (Å²) >= 11 is 0. The smallest absolute Gasteiger partial charge is 0.261 e. The zero-order valence-corrected chi connectivity index (χ0v) is 19.3. The van der Waals surface area contributed by atoms with E-state index in [1.165, 1.54) is 12.1 Å². The molecule has 0 unspecified atom stereocenters. The molecule has 1 aromatic heterocycles. The normalized spacial score (nSPS) is 11.5. The molecule has 0 saturated heterocycles. The molecule has 1 amide bonds. The summed E-state index contributed by atoms with van der Waals surface area (Å²) in [6.07, 6.45) is 0.407. The minimum Gasteiger partial charge on any atom is -0.326 e. The van der Waals surface area contributed by atoms with Crippen LogP contribution in [-0.2, 0) is 14.8 Å². The summed E-state index contributed by atoms with van der Waals surface area (Å²) in [6.45, 7) is 3.93. The summed E-state index contributed by atoms with van der Waals surface area (Å²) in [5, 5.41) is 3.82. The topological polar surface area (TPSA) is 88.2 Å². The van der Waals surface area contributed by atoms with Gasteiger partial charge in [0.25, 0.3) is 10.0 Å². The number of carbonyl (C=O) groups is 1. The molecule has 0 fully saturated rings. The summed E-state index contributed by atoms with van der Waals surface area (Å²) in [5.41, 5.74) is 3.45. The van der Waals surface area contributed by atoms with Crippen molar-refractivity contribution < 1.29 is 13.2 Å². The Balaban J connectivity index is 1.51. The third-order valence-electron chi connectivity index (χ3n) is 5.05. The SMILES string of the molecule is CC(C)CC(=O)Nc1ccc(S(=O)(=O)Nc2cccc(-c3ccc4ccccc4n3)c2)cc1. The molecule has 0 spiro atoms. The number of para-hydroxylation sites is 1. The molecule has 0 saturated carbocycles. The van der Waals surface area contributed by atoms with Gasteiger partial charge in [-0.2, -0.15) is 0 Å². The van der Waals surface area contributed by atoms with Crippen LogP contribution in [0, 0.1) is 5.92 Å². The van der Waals surface area contributed by atoms with Gasteiger partial charge >= 0.3 is 0 Å². The Morgan fingerprint density at radius 3 is 2.39 bits per heavy atom. The first kappa shape index (κ1) is 22.5. The van der Waals surface area contributed by atoms with E-state index in [-0.39, 0.29) is 16.7 Å². The van der Waals surface area contributed by atoms with Crippen molar-refractivity contribution in [2.24, 2.45) is 5.92 Å². The molecule has 0 aliphatic rings. The van der Waals surface area contributed by atoms with E-state index < -0.39 is 10.0 Å². The van der Waals surface area contributed by atoms with Gasteiger partial charge in [-0.25, -0.2) is 13.4 Å². The molecule has 2 N–H and O–H groups in total. The van der Waals surface area contributed by atoms with Crippen LogP contribution >= 0.6 is 0 Å². The van der Waals surface area contributed by atoms with Gasteiger partial charge in [-0.05, 0) is 54.4 Å². The minimum atomic E-state index is -3.79. The highest BCUT2D eigenvalue weighted by atomic mass is 32.2. The molecular formula is C26H25N3O3S. The van der Waals surface area contributed by atoms with Crippen molar-refractivity contribution in [1.29, 1.82) is 0 Å². The van der Waals surface area contributed by atoms with E-state index in [4.69, 9.17) is 0 Å². The molecular weight excluding hydrogens is 434 g/mol. The van der Waals surface area contributed by atoms with Crippen LogP contribution in [0.4, 0.5) is 11.4 Å². The molecule has 0 radical (unpaired) electrons. The number of carbonyl (C=O) groups excluding carboxylic acids is 1. The van der Waals surface area contributed by atoms with E-state index in [0.717, 1.165) is 22.2 Å². The van der Waals surface area contributed by atoms with Crippen LogP contribution < -0.4 is 10.0 Å². The number of rotatable bonds is 7. The van der Waals surface area contributed by atoms with Gasteiger partial charge in [-0.15, -0.1) is 0 Å². The fourth-order valence-electron chi connectivity index (χ4n) is 3.48. The summed E-state index contributed by atoms with van der Waals surface area (Å²) in [4.78, 5) is 16.7. The molecule has 0 aliphatic carbocycles. The molecule has 4 rings (SSSR count). The predicted molar refractivity (Wildman–Crippen MR) is 133 cm³/mol. The van der Waals surface area contributed by atoms with Crippen LogP contribution in [0.15, 0.2) is 89.8 Å². The maximum absolute atomic E-state index is 12.9.